The number of rotatable bonds is 5. The third kappa shape index (κ3) is 4.66. The summed E-state index contributed by atoms with van der Waals surface area (Å²) in [6.45, 7) is 1.81. The number of halogens is 1. The molecule has 26 heavy (non-hydrogen) atoms. The Balaban J connectivity index is 1.52. The minimum Gasteiger partial charge on any atom is -0.451 e. The van der Waals surface area contributed by atoms with Gasteiger partial charge in [-0.05, 0) is 43.0 Å². The van der Waals surface area contributed by atoms with E-state index in [-0.39, 0.29) is 30.1 Å². The van der Waals surface area contributed by atoms with E-state index in [1.165, 1.54) is 29.9 Å². The number of esters is 1. The molecule has 0 aliphatic heterocycles. The molecule has 1 amide bonds. The Hall–Kier alpha value is -2.28. The normalized spacial score (nSPS) is 19.8. The molecule has 1 aromatic carbocycles. The van der Waals surface area contributed by atoms with Crippen LogP contribution in [0.4, 0.5) is 4.39 Å². The van der Waals surface area contributed by atoms with Crippen molar-refractivity contribution in [1.82, 2.24) is 10.3 Å². The Kier molecular flexibility index (Phi) is 5.98. The van der Waals surface area contributed by atoms with Gasteiger partial charge >= 0.3 is 5.97 Å². The van der Waals surface area contributed by atoms with E-state index in [1.807, 2.05) is 0 Å². The minimum absolute atomic E-state index is 0.146. The molecule has 7 heteroatoms. The number of ether oxygens (including phenoxy) is 1. The summed E-state index contributed by atoms with van der Waals surface area (Å²) < 4.78 is 18.0. The van der Waals surface area contributed by atoms with Gasteiger partial charge in [0.15, 0.2) is 12.3 Å². The predicted octanol–water partition coefficient (Wildman–Crippen LogP) is 3.80. The molecular formula is C19H21FN2O3S. The number of aromatic nitrogens is 1. The monoisotopic (exact) mass is 376 g/mol. The van der Waals surface area contributed by atoms with Crippen molar-refractivity contribution in [2.75, 3.05) is 6.61 Å². The van der Waals surface area contributed by atoms with E-state index in [1.54, 1.807) is 17.5 Å². The number of nitrogens with zero attached hydrogens (tertiary/aromatic N) is 1. The summed E-state index contributed by atoms with van der Waals surface area (Å²) in [7, 11) is 0. The molecular weight excluding hydrogens is 355 g/mol. The van der Waals surface area contributed by atoms with Crippen LogP contribution < -0.4 is 5.32 Å². The molecule has 0 saturated heterocycles. The zero-order valence-electron chi connectivity index (χ0n) is 14.5. The summed E-state index contributed by atoms with van der Waals surface area (Å²) in [4.78, 5) is 28.3. The van der Waals surface area contributed by atoms with Gasteiger partial charge in [0.1, 0.15) is 10.8 Å². The lowest BCUT2D eigenvalue weighted by Gasteiger charge is -2.29. The van der Waals surface area contributed by atoms with E-state index in [0.717, 1.165) is 24.8 Å². The van der Waals surface area contributed by atoms with Crippen molar-refractivity contribution in [1.29, 1.82) is 0 Å². The number of thiazole rings is 1. The molecule has 1 aromatic heterocycles. The van der Waals surface area contributed by atoms with Crippen molar-refractivity contribution in [3.05, 3.63) is 41.2 Å². The van der Waals surface area contributed by atoms with Crippen molar-refractivity contribution in [3.8, 4) is 10.6 Å². The van der Waals surface area contributed by atoms with Gasteiger partial charge in [-0.15, -0.1) is 11.3 Å². The fraction of sp³-hybridized carbons (Fsp3) is 0.421. The SMILES string of the molecule is C[C@@H]1CCCC[C@@H]1NC(=O)COC(=O)c1csc(-c2ccc(F)cc2)n1. The number of amides is 1. The van der Waals surface area contributed by atoms with E-state index < -0.39 is 5.97 Å². The van der Waals surface area contributed by atoms with Gasteiger partial charge in [0.2, 0.25) is 0 Å². The molecule has 2 atom stereocenters. The summed E-state index contributed by atoms with van der Waals surface area (Å²) in [5, 5.41) is 5.11. The van der Waals surface area contributed by atoms with Gasteiger partial charge in [0, 0.05) is 17.0 Å². The van der Waals surface area contributed by atoms with Gasteiger partial charge in [0.05, 0.1) is 0 Å². The zero-order valence-corrected chi connectivity index (χ0v) is 15.4. The molecule has 1 fully saturated rings. The van der Waals surface area contributed by atoms with Crippen LogP contribution in [-0.4, -0.2) is 29.5 Å². The van der Waals surface area contributed by atoms with Crippen molar-refractivity contribution in [2.24, 2.45) is 5.92 Å². The molecule has 5 nitrogen and oxygen atoms in total. The van der Waals surface area contributed by atoms with Crippen LogP contribution in [-0.2, 0) is 9.53 Å². The quantitative estimate of drug-likeness (QED) is 0.806. The van der Waals surface area contributed by atoms with Crippen molar-refractivity contribution < 1.29 is 18.7 Å². The lowest BCUT2D eigenvalue weighted by atomic mass is 9.86. The van der Waals surface area contributed by atoms with E-state index in [4.69, 9.17) is 4.74 Å². The Bertz CT molecular complexity index is 775. The lowest BCUT2D eigenvalue weighted by molar-refractivity contribution is -0.125. The fourth-order valence-corrected chi connectivity index (χ4v) is 3.87. The second-order valence-electron chi connectivity index (χ2n) is 6.56. The van der Waals surface area contributed by atoms with Gasteiger partial charge in [-0.2, -0.15) is 0 Å². The standard InChI is InChI=1S/C19H21FN2O3S/c1-12-4-2-3-5-15(12)21-17(23)10-25-19(24)16-11-26-18(22-16)13-6-8-14(20)9-7-13/h6-9,11-12,15H,2-5,10H2,1H3,(H,21,23)/t12-,15+/m1/s1. The fourth-order valence-electron chi connectivity index (χ4n) is 3.08. The third-order valence-corrected chi connectivity index (χ3v) is 5.49. The summed E-state index contributed by atoms with van der Waals surface area (Å²) in [5.41, 5.74) is 0.868. The minimum atomic E-state index is -0.638. The third-order valence-electron chi connectivity index (χ3n) is 4.60. The largest absolute Gasteiger partial charge is 0.451 e. The Morgan fingerprint density at radius 3 is 2.73 bits per heavy atom. The summed E-state index contributed by atoms with van der Waals surface area (Å²) in [6, 6.07) is 6.03. The smallest absolute Gasteiger partial charge is 0.358 e. The molecule has 1 N–H and O–H groups in total. The van der Waals surface area contributed by atoms with E-state index in [0.29, 0.717) is 10.9 Å². The van der Waals surface area contributed by atoms with E-state index in [2.05, 4.69) is 17.2 Å². The molecule has 138 valence electrons. The summed E-state index contributed by atoms with van der Waals surface area (Å²) in [5.74, 6) is -0.809. The first-order valence-electron chi connectivity index (χ1n) is 8.71. The second kappa shape index (κ2) is 8.40. The van der Waals surface area contributed by atoms with Gasteiger partial charge in [-0.25, -0.2) is 14.2 Å². The van der Waals surface area contributed by atoms with Crippen LogP contribution in [0.2, 0.25) is 0 Å². The maximum absolute atomic E-state index is 13.0. The van der Waals surface area contributed by atoms with Gasteiger partial charge < -0.3 is 10.1 Å². The lowest BCUT2D eigenvalue weighted by Crippen LogP contribution is -2.42. The van der Waals surface area contributed by atoms with Crippen molar-refractivity contribution >= 4 is 23.2 Å². The molecule has 0 spiro atoms. The summed E-state index contributed by atoms with van der Waals surface area (Å²) >= 11 is 1.26. The zero-order chi connectivity index (χ0) is 18.5. The molecule has 1 aliphatic rings. The van der Waals surface area contributed by atoms with Gasteiger partial charge in [-0.1, -0.05) is 19.8 Å². The summed E-state index contributed by atoms with van der Waals surface area (Å²) in [6.07, 6.45) is 4.38. The average Bonchev–Trinajstić information content (AvgIpc) is 3.12. The molecule has 0 unspecified atom stereocenters. The van der Waals surface area contributed by atoms with Crippen LogP contribution >= 0.6 is 11.3 Å². The van der Waals surface area contributed by atoms with E-state index >= 15 is 0 Å². The first-order chi connectivity index (χ1) is 12.5. The Morgan fingerprint density at radius 1 is 1.27 bits per heavy atom. The molecule has 0 bridgehead atoms. The molecule has 0 radical (unpaired) electrons. The van der Waals surface area contributed by atoms with Crippen LogP contribution in [0.25, 0.3) is 10.6 Å². The van der Waals surface area contributed by atoms with Gasteiger partial charge in [-0.3, -0.25) is 4.79 Å². The van der Waals surface area contributed by atoms with E-state index in [9.17, 15) is 14.0 Å². The number of hydrogen-bond acceptors (Lipinski definition) is 5. The second-order valence-corrected chi connectivity index (χ2v) is 7.41. The Labute approximate surface area is 155 Å². The average molecular weight is 376 g/mol. The maximum atomic E-state index is 13.0. The number of benzene rings is 1. The van der Waals surface area contributed by atoms with Gasteiger partial charge in [0.25, 0.3) is 5.91 Å². The molecule has 1 heterocycles. The highest BCUT2D eigenvalue weighted by atomic mass is 32.1. The highest BCUT2D eigenvalue weighted by Gasteiger charge is 2.23. The van der Waals surface area contributed by atoms with Crippen LogP contribution in [0, 0.1) is 11.7 Å². The van der Waals surface area contributed by atoms with Crippen LogP contribution in [0.5, 0.6) is 0 Å². The first kappa shape index (κ1) is 18.5. The molecule has 1 saturated carbocycles. The van der Waals surface area contributed by atoms with Crippen LogP contribution in [0.1, 0.15) is 43.1 Å². The topological polar surface area (TPSA) is 68.3 Å². The number of carbonyl (C=O) groups is 2. The van der Waals surface area contributed by atoms with Crippen molar-refractivity contribution in [3.63, 3.8) is 0 Å². The maximum Gasteiger partial charge on any atom is 0.358 e. The highest BCUT2D eigenvalue weighted by Crippen LogP contribution is 2.25. The Morgan fingerprint density at radius 2 is 2.00 bits per heavy atom. The van der Waals surface area contributed by atoms with Crippen molar-refractivity contribution in [2.45, 2.75) is 38.6 Å². The number of carbonyl (C=O) groups excluding carboxylic acids is 2. The number of nitrogens with one attached hydrogen (secondary N) is 1. The highest BCUT2D eigenvalue weighted by molar-refractivity contribution is 7.13. The first-order valence-corrected chi connectivity index (χ1v) is 9.59. The predicted molar refractivity (Wildman–Crippen MR) is 97.4 cm³/mol. The molecule has 3 rings (SSSR count). The molecule has 2 aromatic rings. The molecule has 1 aliphatic carbocycles. The number of hydrogen-bond donors (Lipinski definition) is 1. The van der Waals surface area contributed by atoms with Crippen LogP contribution in [0.15, 0.2) is 29.6 Å². The van der Waals surface area contributed by atoms with Crippen LogP contribution in [0.3, 0.4) is 0 Å².